The van der Waals surface area contributed by atoms with E-state index >= 15 is 8.78 Å². The van der Waals surface area contributed by atoms with E-state index in [4.69, 9.17) is 24.4 Å². The number of likely N-dealkylation sites (N-methyl/N-ethyl adjacent to an activating group) is 1. The van der Waals surface area contributed by atoms with Gasteiger partial charge in [-0.3, -0.25) is 9.78 Å². The van der Waals surface area contributed by atoms with Gasteiger partial charge in [-0.1, -0.05) is 26.5 Å². The van der Waals surface area contributed by atoms with E-state index in [2.05, 4.69) is 65.9 Å². The van der Waals surface area contributed by atoms with E-state index in [0.717, 1.165) is 34.3 Å². The first kappa shape index (κ1) is 51.8. The Morgan fingerprint density at radius 3 is 2.51 bits per heavy atom. The smallest absolute Gasteiger partial charge is 0.507 e. The first-order valence-electron chi connectivity index (χ1n) is 24.1. The van der Waals surface area contributed by atoms with Crippen molar-refractivity contribution in [1.82, 2.24) is 54.0 Å². The van der Waals surface area contributed by atoms with Crippen LogP contribution in [0, 0.1) is 32.4 Å². The lowest BCUT2D eigenvalue weighted by atomic mass is 10.0. The quantitative estimate of drug-likeness (QED) is 0.0688. The van der Waals surface area contributed by atoms with Crippen molar-refractivity contribution in [2.45, 2.75) is 79.5 Å². The largest absolute Gasteiger partial charge is 0.509 e. The molecule has 20 nitrogen and oxygen atoms in total. The van der Waals surface area contributed by atoms with Gasteiger partial charge in [-0.05, 0) is 116 Å². The second kappa shape index (κ2) is 20.3. The highest BCUT2D eigenvalue weighted by atomic mass is 79.9. The number of amides is 1. The zero-order chi connectivity index (χ0) is 53.8. The molecular weight excluding hydrogens is 1030 g/mol. The lowest BCUT2D eigenvalue weighted by molar-refractivity contribution is -0.128. The number of rotatable bonds is 14. The number of aromatic amines is 1. The van der Waals surface area contributed by atoms with Gasteiger partial charge >= 0.3 is 11.8 Å². The Bertz CT molecular complexity index is 3590. The second-order valence-electron chi connectivity index (χ2n) is 19.6. The molecule has 1 saturated heterocycles. The number of imidazole rings is 1. The van der Waals surface area contributed by atoms with E-state index in [-0.39, 0.29) is 54.5 Å². The van der Waals surface area contributed by atoms with Gasteiger partial charge in [0.2, 0.25) is 11.9 Å². The summed E-state index contributed by atoms with van der Waals surface area (Å²) in [5.74, 6) is -1.54. The predicted octanol–water partition coefficient (Wildman–Crippen LogP) is 8.23. The number of piperazine rings is 1. The molecule has 1 fully saturated rings. The predicted molar refractivity (Wildman–Crippen MR) is 282 cm³/mol. The highest BCUT2D eigenvalue weighted by Gasteiger charge is 2.34. The van der Waals surface area contributed by atoms with Crippen LogP contribution in [-0.2, 0) is 20.8 Å². The van der Waals surface area contributed by atoms with Crippen LogP contribution in [0.2, 0.25) is 0 Å². The maximum Gasteiger partial charge on any atom is 0.509 e. The Hall–Kier alpha value is -8.08. The summed E-state index contributed by atoms with van der Waals surface area (Å²) < 4.78 is 46.2. The molecule has 0 bridgehead atoms. The number of nitrogens with one attached hydrogen (secondary N) is 2. The molecule has 1 amide bonds. The average Bonchev–Trinajstić information content (AvgIpc) is 3.94. The van der Waals surface area contributed by atoms with Crippen LogP contribution in [0.15, 0.2) is 76.3 Å². The number of anilines is 3. The normalized spacial score (nSPS) is 14.1. The zero-order valence-electron chi connectivity index (χ0n) is 42.8. The second-order valence-corrected chi connectivity index (χ2v) is 20.5. The third-order valence-corrected chi connectivity index (χ3v) is 13.6. The fourth-order valence-electron chi connectivity index (χ4n) is 9.24. The van der Waals surface area contributed by atoms with Gasteiger partial charge in [0.15, 0.2) is 17.1 Å². The summed E-state index contributed by atoms with van der Waals surface area (Å²) in [6, 6.07) is 10.0. The van der Waals surface area contributed by atoms with E-state index in [1.54, 1.807) is 60.6 Å². The van der Waals surface area contributed by atoms with E-state index in [1.807, 2.05) is 33.8 Å². The third-order valence-electron chi connectivity index (χ3n) is 13.0. The summed E-state index contributed by atoms with van der Waals surface area (Å²) in [5, 5.41) is 18.5. The van der Waals surface area contributed by atoms with Crippen LogP contribution in [0.4, 0.5) is 31.3 Å². The summed E-state index contributed by atoms with van der Waals surface area (Å²) in [6.45, 7) is 19.2. The first-order valence-corrected chi connectivity index (χ1v) is 24.9. The number of fused-ring (bicyclic) bond motifs is 3. The lowest BCUT2D eigenvalue weighted by Gasteiger charge is -2.41. The number of ether oxygens (including phenoxy) is 2. The standard InChI is InChI=1S/C52H55BrF2N14O6/c1-26(2)41-43(27(3)14-15-56-41)68-45-32(20-35(55)42(61-45)40-34(54)12-11-13-38(40)70)44(63-50(68)72)67-17-16-66(23-31(67)7)47(71)30(6)24-74-51(73)75-52(8,9)25-65(10)49-62-46-33(53)21-58-69(46)48(64-49)57-22-39-59-36-18-28(4)29(5)19-37(36)60-39/h11-15,18-21,26,31,70H,6,16-17,22-25H2,1-5,7-10H3,(H,59,60)(H,57,62,64)/t31-/m0/s1. The number of aromatic nitrogens is 10. The Kier molecular flexibility index (Phi) is 14.0. The summed E-state index contributed by atoms with van der Waals surface area (Å²) in [7, 11) is 1.75. The zero-order valence-corrected chi connectivity index (χ0v) is 44.4. The molecule has 390 valence electrons. The summed E-state index contributed by atoms with van der Waals surface area (Å²) in [6.07, 6.45) is 2.21. The Morgan fingerprint density at radius 1 is 1.01 bits per heavy atom. The number of halogens is 3. The number of H-pyrrole nitrogens is 1. The molecule has 6 aromatic heterocycles. The number of phenols is 1. The minimum atomic E-state index is -1.14. The number of nitrogens with zero attached hydrogens (tertiary/aromatic N) is 12. The minimum Gasteiger partial charge on any atom is -0.507 e. The Labute approximate surface area is 437 Å². The van der Waals surface area contributed by atoms with Crippen LogP contribution in [0.3, 0.4) is 0 Å². The number of carbonyl (C=O) groups is 2. The molecule has 1 aliphatic heterocycles. The molecule has 8 aromatic rings. The molecule has 0 aliphatic carbocycles. The number of hydrogen-bond donors (Lipinski definition) is 3. The van der Waals surface area contributed by atoms with Crippen molar-refractivity contribution >= 4 is 73.4 Å². The molecular formula is C52H55BrF2N14O6. The maximum atomic E-state index is 16.3. The number of phenolic OH excluding ortho intramolecular Hbond substituents is 1. The van der Waals surface area contributed by atoms with Gasteiger partial charge in [0.05, 0.1) is 57.1 Å². The van der Waals surface area contributed by atoms with E-state index in [1.165, 1.54) is 21.6 Å². The molecule has 3 N–H and O–H groups in total. The molecule has 2 aromatic carbocycles. The number of aromatic hydroxyl groups is 1. The molecule has 75 heavy (non-hydrogen) atoms. The van der Waals surface area contributed by atoms with E-state index in [0.29, 0.717) is 51.3 Å². The topological polar surface area (TPSA) is 227 Å². The molecule has 1 aliphatic rings. The van der Waals surface area contributed by atoms with Gasteiger partial charge in [-0.2, -0.15) is 24.6 Å². The monoisotopic (exact) mass is 1090 g/mol. The molecule has 0 radical (unpaired) electrons. The molecule has 0 spiro atoms. The van der Waals surface area contributed by atoms with Crippen LogP contribution < -0.4 is 20.8 Å². The van der Waals surface area contributed by atoms with Crippen molar-refractivity contribution < 1.29 is 33.0 Å². The number of benzene rings is 2. The fourth-order valence-corrected chi connectivity index (χ4v) is 9.59. The van der Waals surface area contributed by atoms with Crippen molar-refractivity contribution in [2.75, 3.05) is 55.0 Å². The van der Waals surface area contributed by atoms with Crippen LogP contribution >= 0.6 is 15.9 Å². The van der Waals surface area contributed by atoms with Crippen molar-refractivity contribution in [3.8, 4) is 22.7 Å². The van der Waals surface area contributed by atoms with Crippen LogP contribution in [0.1, 0.15) is 68.7 Å². The molecule has 0 unspecified atom stereocenters. The highest BCUT2D eigenvalue weighted by Crippen LogP contribution is 2.37. The molecule has 9 rings (SSSR count). The van der Waals surface area contributed by atoms with Gasteiger partial charge in [0.1, 0.15) is 41.1 Å². The third kappa shape index (κ3) is 10.3. The van der Waals surface area contributed by atoms with Gasteiger partial charge < -0.3 is 39.6 Å². The van der Waals surface area contributed by atoms with E-state index in [9.17, 15) is 19.5 Å². The van der Waals surface area contributed by atoms with Crippen molar-refractivity contribution in [3.63, 3.8) is 0 Å². The highest BCUT2D eigenvalue weighted by molar-refractivity contribution is 9.10. The number of aryl methyl sites for hydroxylation is 3. The van der Waals surface area contributed by atoms with Crippen molar-refractivity contribution in [3.05, 3.63) is 122 Å². The van der Waals surface area contributed by atoms with Crippen molar-refractivity contribution in [1.29, 1.82) is 0 Å². The minimum absolute atomic E-state index is 0.0160. The molecule has 7 heterocycles. The van der Waals surface area contributed by atoms with Crippen LogP contribution in [0.5, 0.6) is 5.75 Å². The Morgan fingerprint density at radius 2 is 1.77 bits per heavy atom. The van der Waals surface area contributed by atoms with Gasteiger partial charge in [-0.15, -0.1) is 0 Å². The molecule has 0 saturated carbocycles. The van der Waals surface area contributed by atoms with Gasteiger partial charge in [0.25, 0.3) is 5.91 Å². The van der Waals surface area contributed by atoms with Crippen LogP contribution in [0.25, 0.3) is 44.7 Å². The first-order chi connectivity index (χ1) is 35.6. The van der Waals surface area contributed by atoms with E-state index < -0.39 is 64.6 Å². The van der Waals surface area contributed by atoms with Crippen molar-refractivity contribution in [2.24, 2.45) is 0 Å². The average molecular weight is 1090 g/mol. The summed E-state index contributed by atoms with van der Waals surface area (Å²) >= 11 is 3.53. The SMILES string of the molecule is C=C(COC(=O)OC(C)(C)CN(C)c1nc(NCc2nc3cc(C)c(C)cc3[nH]2)n2ncc(Br)c2n1)C(=O)N1CCN(c2nc(=O)n(-c3c(C)ccnc3C(C)C)c3nc(-c4c(O)cccc4F)c(F)cc23)[C@@H](C)C1. The number of pyridine rings is 2. The number of carbonyl (C=O) groups excluding carboxylic acids is 2. The Balaban J connectivity index is 0.861. The van der Waals surface area contributed by atoms with Crippen LogP contribution in [-0.4, -0.2) is 123 Å². The summed E-state index contributed by atoms with van der Waals surface area (Å²) in [5.41, 5.74) is 3.28. The molecule has 1 atom stereocenters. The van der Waals surface area contributed by atoms with Gasteiger partial charge in [-0.25, -0.2) is 32.9 Å². The maximum absolute atomic E-state index is 16.3. The number of hydrogen-bond acceptors (Lipinski definition) is 16. The van der Waals surface area contributed by atoms with Gasteiger partial charge in [0, 0.05) is 44.5 Å². The molecule has 23 heteroatoms. The lowest BCUT2D eigenvalue weighted by Crippen LogP contribution is -2.54. The fraction of sp³-hybridized carbons (Fsp3) is 0.346. The summed E-state index contributed by atoms with van der Waals surface area (Å²) in [4.78, 5) is 77.5.